The summed E-state index contributed by atoms with van der Waals surface area (Å²) in [6, 6.07) is 18.4. The Bertz CT molecular complexity index is 712. The summed E-state index contributed by atoms with van der Waals surface area (Å²) in [7, 11) is 1.47. The van der Waals surface area contributed by atoms with Crippen molar-refractivity contribution in [3.63, 3.8) is 0 Å². The second-order valence-corrected chi connectivity index (χ2v) is 5.33. The first kappa shape index (κ1) is 14.2. The molecule has 4 nitrogen and oxygen atoms in total. The minimum absolute atomic E-state index is 0.276. The van der Waals surface area contributed by atoms with Crippen molar-refractivity contribution in [2.24, 2.45) is 4.99 Å². The third-order valence-electron chi connectivity index (χ3n) is 4.13. The zero-order chi connectivity index (χ0) is 15.7. The monoisotopic (exact) mass is 292 g/mol. The Kier molecular flexibility index (Phi) is 3.37. The summed E-state index contributed by atoms with van der Waals surface area (Å²) in [4.78, 5) is 30.2. The number of likely N-dealkylation sites (N-methyl/N-ethyl adjacent to an activating group) is 1. The van der Waals surface area contributed by atoms with Crippen LogP contribution in [0.2, 0.25) is 0 Å². The standard InChI is InChI=1S/C18H16N2O2/c1-13-18(14-9-5-3-6-10-14,15-11-7-4-8-12-15)16(21)20(2)17(22)19-13/h3-12H,1-2H3. The predicted octanol–water partition coefficient (Wildman–Crippen LogP) is 3.03. The molecule has 0 N–H and O–H groups in total. The SMILES string of the molecule is CC1=NC(=O)N(C)C(=O)C1(c1ccccc1)c1ccccc1. The number of imide groups is 1. The molecule has 0 saturated heterocycles. The third-order valence-corrected chi connectivity index (χ3v) is 4.13. The van der Waals surface area contributed by atoms with Gasteiger partial charge in [0.2, 0.25) is 0 Å². The summed E-state index contributed by atoms with van der Waals surface area (Å²) in [6.07, 6.45) is 0. The number of rotatable bonds is 2. The first-order chi connectivity index (χ1) is 10.6. The van der Waals surface area contributed by atoms with Gasteiger partial charge in [-0.1, -0.05) is 60.7 Å². The lowest BCUT2D eigenvalue weighted by Gasteiger charge is -2.38. The number of benzene rings is 2. The van der Waals surface area contributed by atoms with Gasteiger partial charge >= 0.3 is 6.03 Å². The summed E-state index contributed by atoms with van der Waals surface area (Å²) >= 11 is 0. The van der Waals surface area contributed by atoms with E-state index in [0.29, 0.717) is 5.71 Å². The lowest BCUT2D eigenvalue weighted by Crippen LogP contribution is -2.55. The number of carbonyl (C=O) groups excluding carboxylic acids is 2. The molecule has 3 amide bonds. The van der Waals surface area contributed by atoms with Gasteiger partial charge in [-0.25, -0.2) is 9.79 Å². The van der Waals surface area contributed by atoms with Gasteiger partial charge in [-0.15, -0.1) is 0 Å². The molecule has 1 aliphatic rings. The van der Waals surface area contributed by atoms with Crippen molar-refractivity contribution in [3.05, 3.63) is 71.8 Å². The Balaban J connectivity index is 2.37. The molecule has 0 saturated carbocycles. The van der Waals surface area contributed by atoms with Crippen molar-refractivity contribution in [1.82, 2.24) is 4.90 Å². The van der Waals surface area contributed by atoms with Crippen molar-refractivity contribution in [2.75, 3.05) is 7.05 Å². The highest BCUT2D eigenvalue weighted by Gasteiger charge is 2.50. The van der Waals surface area contributed by atoms with E-state index in [0.717, 1.165) is 16.0 Å². The molecule has 0 atom stereocenters. The summed E-state index contributed by atoms with van der Waals surface area (Å²) in [5, 5.41) is 0. The van der Waals surface area contributed by atoms with E-state index >= 15 is 0 Å². The lowest BCUT2D eigenvalue weighted by molar-refractivity contribution is -0.129. The summed E-state index contributed by atoms with van der Waals surface area (Å²) in [5.41, 5.74) is 1.07. The van der Waals surface area contributed by atoms with Crippen molar-refractivity contribution in [2.45, 2.75) is 12.3 Å². The number of aliphatic imine (C=N–C) groups is 1. The molecule has 110 valence electrons. The van der Waals surface area contributed by atoms with Gasteiger partial charge in [0.15, 0.2) is 0 Å². The predicted molar refractivity (Wildman–Crippen MR) is 84.9 cm³/mol. The Morgan fingerprint density at radius 2 is 1.32 bits per heavy atom. The zero-order valence-electron chi connectivity index (χ0n) is 12.5. The molecule has 0 fully saturated rings. The van der Waals surface area contributed by atoms with Gasteiger partial charge in [-0.2, -0.15) is 0 Å². The molecule has 2 aromatic carbocycles. The fourth-order valence-electron chi connectivity index (χ4n) is 3.00. The van der Waals surface area contributed by atoms with Gasteiger partial charge in [0.05, 0.1) is 0 Å². The molecule has 0 aliphatic carbocycles. The van der Waals surface area contributed by atoms with E-state index in [-0.39, 0.29) is 5.91 Å². The second kappa shape index (κ2) is 5.22. The first-order valence-electron chi connectivity index (χ1n) is 7.07. The van der Waals surface area contributed by atoms with Crippen LogP contribution in [0.4, 0.5) is 4.79 Å². The van der Waals surface area contributed by atoms with Gasteiger partial charge in [0.25, 0.3) is 5.91 Å². The maximum atomic E-state index is 13.1. The van der Waals surface area contributed by atoms with E-state index in [1.807, 2.05) is 60.7 Å². The molecule has 22 heavy (non-hydrogen) atoms. The van der Waals surface area contributed by atoms with Crippen molar-refractivity contribution in [3.8, 4) is 0 Å². The minimum Gasteiger partial charge on any atom is -0.272 e. The molecule has 0 bridgehead atoms. The molecule has 4 heteroatoms. The lowest BCUT2D eigenvalue weighted by atomic mass is 9.69. The molecule has 0 aromatic heterocycles. The second-order valence-electron chi connectivity index (χ2n) is 5.33. The van der Waals surface area contributed by atoms with Crippen molar-refractivity contribution in [1.29, 1.82) is 0 Å². The largest absolute Gasteiger partial charge is 0.349 e. The van der Waals surface area contributed by atoms with Crippen LogP contribution in [0, 0.1) is 0 Å². The maximum absolute atomic E-state index is 13.1. The molecular formula is C18H16N2O2. The van der Waals surface area contributed by atoms with Crippen LogP contribution in [0.1, 0.15) is 18.1 Å². The number of carbonyl (C=O) groups is 2. The highest BCUT2D eigenvalue weighted by Crippen LogP contribution is 2.38. The van der Waals surface area contributed by atoms with Crippen molar-refractivity contribution >= 4 is 17.6 Å². The fraction of sp³-hybridized carbons (Fsp3) is 0.167. The molecule has 1 aliphatic heterocycles. The Morgan fingerprint density at radius 1 is 0.864 bits per heavy atom. The third kappa shape index (κ3) is 1.88. The van der Waals surface area contributed by atoms with Crippen LogP contribution in [0.25, 0.3) is 0 Å². The maximum Gasteiger partial charge on any atom is 0.349 e. The highest BCUT2D eigenvalue weighted by atomic mass is 16.2. The first-order valence-corrected chi connectivity index (χ1v) is 7.07. The van der Waals surface area contributed by atoms with E-state index in [4.69, 9.17) is 0 Å². The number of hydrogen-bond donors (Lipinski definition) is 0. The number of nitrogens with zero attached hydrogens (tertiary/aromatic N) is 2. The van der Waals surface area contributed by atoms with Crippen LogP contribution in [0.15, 0.2) is 65.7 Å². The van der Waals surface area contributed by atoms with Crippen LogP contribution < -0.4 is 0 Å². The summed E-state index contributed by atoms with van der Waals surface area (Å²) < 4.78 is 0. The van der Waals surface area contributed by atoms with Crippen molar-refractivity contribution < 1.29 is 9.59 Å². The molecule has 1 heterocycles. The summed E-state index contributed by atoms with van der Waals surface area (Å²) in [6.45, 7) is 1.74. The molecule has 2 aromatic rings. The topological polar surface area (TPSA) is 49.7 Å². The average Bonchev–Trinajstić information content (AvgIpc) is 2.55. The van der Waals surface area contributed by atoms with Crippen LogP contribution in [0.3, 0.4) is 0 Å². The fourth-order valence-corrected chi connectivity index (χ4v) is 3.00. The van der Waals surface area contributed by atoms with Crippen LogP contribution in [-0.4, -0.2) is 29.6 Å². The van der Waals surface area contributed by atoms with E-state index in [2.05, 4.69) is 4.99 Å². The quantitative estimate of drug-likeness (QED) is 0.854. The molecule has 3 rings (SSSR count). The minimum atomic E-state index is -1.05. The van der Waals surface area contributed by atoms with Gasteiger partial charge < -0.3 is 0 Å². The van der Waals surface area contributed by atoms with Gasteiger partial charge in [-0.3, -0.25) is 9.69 Å². The average molecular weight is 292 g/mol. The molecule has 0 unspecified atom stereocenters. The molecule has 0 spiro atoms. The highest BCUT2D eigenvalue weighted by molar-refractivity contribution is 6.24. The van der Waals surface area contributed by atoms with Crippen LogP contribution >= 0.6 is 0 Å². The van der Waals surface area contributed by atoms with Crippen LogP contribution in [-0.2, 0) is 10.2 Å². The molecular weight excluding hydrogens is 276 g/mol. The summed E-state index contributed by atoms with van der Waals surface area (Å²) in [5.74, 6) is -0.276. The van der Waals surface area contributed by atoms with Gasteiger partial charge in [0.1, 0.15) is 5.41 Å². The normalized spacial score (nSPS) is 17.4. The smallest absolute Gasteiger partial charge is 0.272 e. The Hall–Kier alpha value is -2.75. The Morgan fingerprint density at radius 3 is 1.77 bits per heavy atom. The van der Waals surface area contributed by atoms with E-state index in [1.54, 1.807) is 6.92 Å². The van der Waals surface area contributed by atoms with Gasteiger partial charge in [-0.05, 0) is 18.1 Å². The van der Waals surface area contributed by atoms with Gasteiger partial charge in [0, 0.05) is 12.8 Å². The Labute approximate surface area is 129 Å². The number of amides is 3. The zero-order valence-corrected chi connectivity index (χ0v) is 12.5. The van der Waals surface area contributed by atoms with E-state index < -0.39 is 11.4 Å². The number of urea groups is 1. The molecule has 0 radical (unpaired) electrons. The van der Waals surface area contributed by atoms with E-state index in [1.165, 1.54) is 7.05 Å². The van der Waals surface area contributed by atoms with E-state index in [9.17, 15) is 9.59 Å². The van der Waals surface area contributed by atoms with Crippen LogP contribution in [0.5, 0.6) is 0 Å². The number of hydrogen-bond acceptors (Lipinski definition) is 2.